The fourth-order valence-electron chi connectivity index (χ4n) is 4.55. The molecule has 0 unspecified atom stereocenters. The molecule has 1 N–H and O–H groups in total. The Balaban J connectivity index is 1.31. The van der Waals surface area contributed by atoms with Gasteiger partial charge in [0.25, 0.3) is 0 Å². The number of halogens is 1. The van der Waals surface area contributed by atoms with Gasteiger partial charge in [-0.15, -0.1) is 0 Å². The predicted molar refractivity (Wildman–Crippen MR) is 136 cm³/mol. The lowest BCUT2D eigenvalue weighted by Crippen LogP contribution is -2.43. The molecule has 1 saturated heterocycles. The molecule has 0 spiro atoms. The lowest BCUT2D eigenvalue weighted by molar-refractivity contribution is -0.125. The van der Waals surface area contributed by atoms with Gasteiger partial charge >= 0.3 is 0 Å². The minimum Gasteiger partial charge on any atom is -0.354 e. The van der Waals surface area contributed by atoms with Crippen molar-refractivity contribution in [3.8, 4) is 11.3 Å². The van der Waals surface area contributed by atoms with Crippen LogP contribution in [0.15, 0.2) is 67.0 Å². The number of nitrogens with one attached hydrogen (secondary N) is 1. The predicted octanol–water partition coefficient (Wildman–Crippen LogP) is 5.14. The molecule has 6 nitrogen and oxygen atoms in total. The van der Waals surface area contributed by atoms with Crippen LogP contribution in [-0.4, -0.2) is 33.6 Å². The lowest BCUT2D eigenvalue weighted by Gasteiger charge is -2.33. The SMILES string of the molecule is CCc1ccc(CNC(=O)[C@H]2CCCN(c3nccn4nc(-c5cccc(Cl)c5)cc34)C2)cc1. The van der Waals surface area contributed by atoms with Crippen LogP contribution in [0.25, 0.3) is 16.8 Å². The van der Waals surface area contributed by atoms with Crippen LogP contribution in [0.3, 0.4) is 0 Å². The molecule has 0 radical (unpaired) electrons. The van der Waals surface area contributed by atoms with Crippen molar-refractivity contribution in [3.63, 3.8) is 0 Å². The summed E-state index contributed by atoms with van der Waals surface area (Å²) in [7, 11) is 0. The summed E-state index contributed by atoms with van der Waals surface area (Å²) in [4.78, 5) is 19.8. The number of anilines is 1. The van der Waals surface area contributed by atoms with Crippen molar-refractivity contribution in [2.24, 2.45) is 5.92 Å². The van der Waals surface area contributed by atoms with Crippen LogP contribution in [0.2, 0.25) is 5.02 Å². The fourth-order valence-corrected chi connectivity index (χ4v) is 4.74. The van der Waals surface area contributed by atoms with Gasteiger partial charge in [0.15, 0.2) is 5.82 Å². The molecule has 4 aromatic rings. The number of fused-ring (bicyclic) bond motifs is 1. The van der Waals surface area contributed by atoms with Crippen molar-refractivity contribution in [2.75, 3.05) is 18.0 Å². The lowest BCUT2D eigenvalue weighted by atomic mass is 9.97. The van der Waals surface area contributed by atoms with E-state index in [0.29, 0.717) is 18.1 Å². The Labute approximate surface area is 204 Å². The minimum absolute atomic E-state index is 0.0685. The summed E-state index contributed by atoms with van der Waals surface area (Å²) in [5, 5.41) is 8.53. The van der Waals surface area contributed by atoms with Gasteiger partial charge in [0.1, 0.15) is 5.52 Å². The molecular formula is C27H28ClN5O. The van der Waals surface area contributed by atoms with Crippen molar-refractivity contribution in [1.82, 2.24) is 19.9 Å². The summed E-state index contributed by atoms with van der Waals surface area (Å²) in [6.45, 7) is 4.21. The van der Waals surface area contributed by atoms with E-state index in [-0.39, 0.29) is 11.8 Å². The third-order valence-electron chi connectivity index (χ3n) is 6.48. The molecule has 5 rings (SSSR count). The summed E-state index contributed by atoms with van der Waals surface area (Å²) in [6, 6.07) is 18.2. The fraction of sp³-hybridized carbons (Fsp3) is 0.296. The van der Waals surface area contributed by atoms with Gasteiger partial charge in [-0.05, 0) is 48.6 Å². The molecule has 1 aliphatic heterocycles. The maximum atomic E-state index is 13.0. The van der Waals surface area contributed by atoms with E-state index in [9.17, 15) is 4.79 Å². The van der Waals surface area contributed by atoms with Crippen LogP contribution in [0.4, 0.5) is 5.82 Å². The first-order chi connectivity index (χ1) is 16.6. The zero-order chi connectivity index (χ0) is 23.5. The topological polar surface area (TPSA) is 62.5 Å². The molecule has 7 heteroatoms. The summed E-state index contributed by atoms with van der Waals surface area (Å²) < 4.78 is 1.85. The third kappa shape index (κ3) is 4.77. The monoisotopic (exact) mass is 473 g/mol. The van der Waals surface area contributed by atoms with Crippen LogP contribution in [-0.2, 0) is 17.8 Å². The van der Waals surface area contributed by atoms with E-state index in [1.807, 2.05) is 41.0 Å². The highest BCUT2D eigenvalue weighted by molar-refractivity contribution is 6.30. The van der Waals surface area contributed by atoms with Gasteiger partial charge in [-0.3, -0.25) is 4.79 Å². The molecule has 0 bridgehead atoms. The standard InChI is InChI=1S/C27H28ClN5O/c1-2-19-8-10-20(11-9-19)17-30-27(34)22-6-4-13-32(18-22)26-25-16-24(31-33(25)14-12-29-26)21-5-3-7-23(28)15-21/h3,5,7-12,14-16,22H,2,4,6,13,17-18H2,1H3,(H,30,34)/t22-/m0/s1. The average molecular weight is 474 g/mol. The Morgan fingerprint density at radius 3 is 2.76 bits per heavy atom. The number of nitrogens with zero attached hydrogens (tertiary/aromatic N) is 4. The summed E-state index contributed by atoms with van der Waals surface area (Å²) in [5.74, 6) is 0.890. The number of rotatable bonds is 6. The normalized spacial score (nSPS) is 16.1. The van der Waals surface area contributed by atoms with Crippen LogP contribution in [0, 0.1) is 5.92 Å². The van der Waals surface area contributed by atoms with Gasteiger partial charge in [0, 0.05) is 42.6 Å². The average Bonchev–Trinajstić information content (AvgIpc) is 3.32. The van der Waals surface area contributed by atoms with Crippen LogP contribution in [0.5, 0.6) is 0 Å². The van der Waals surface area contributed by atoms with E-state index in [2.05, 4.69) is 46.4 Å². The number of aromatic nitrogens is 3. The number of benzene rings is 2. The third-order valence-corrected chi connectivity index (χ3v) is 6.71. The summed E-state index contributed by atoms with van der Waals surface area (Å²) >= 11 is 6.18. The number of hydrogen-bond acceptors (Lipinski definition) is 4. The maximum absolute atomic E-state index is 13.0. The van der Waals surface area contributed by atoms with Gasteiger partial charge in [-0.2, -0.15) is 5.10 Å². The Hall–Kier alpha value is -3.38. The molecule has 2 aromatic carbocycles. The molecule has 1 aliphatic rings. The number of aryl methyl sites for hydroxylation is 1. The Morgan fingerprint density at radius 2 is 1.97 bits per heavy atom. The molecule has 2 aromatic heterocycles. The summed E-state index contributed by atoms with van der Waals surface area (Å²) in [5.41, 5.74) is 5.16. The molecule has 1 fully saturated rings. The van der Waals surface area contributed by atoms with Crippen LogP contribution >= 0.6 is 11.6 Å². The number of hydrogen-bond donors (Lipinski definition) is 1. The van der Waals surface area contributed by atoms with Crippen molar-refractivity contribution >= 4 is 28.8 Å². The molecule has 0 saturated carbocycles. The molecule has 1 atom stereocenters. The number of amides is 1. The molecule has 1 amide bonds. The van der Waals surface area contributed by atoms with Gasteiger partial charge in [0.2, 0.25) is 5.91 Å². The first-order valence-electron chi connectivity index (χ1n) is 11.8. The molecule has 174 valence electrons. The first kappa shape index (κ1) is 22.4. The molecular weight excluding hydrogens is 446 g/mol. The minimum atomic E-state index is -0.0685. The quantitative estimate of drug-likeness (QED) is 0.421. The van der Waals surface area contributed by atoms with Crippen LogP contribution < -0.4 is 10.2 Å². The van der Waals surface area contributed by atoms with E-state index in [0.717, 1.165) is 54.0 Å². The van der Waals surface area contributed by atoms with Crippen molar-refractivity contribution < 1.29 is 4.79 Å². The number of piperidine rings is 1. The van der Waals surface area contributed by atoms with Crippen molar-refractivity contribution in [1.29, 1.82) is 0 Å². The molecule has 34 heavy (non-hydrogen) atoms. The van der Waals surface area contributed by atoms with E-state index >= 15 is 0 Å². The second kappa shape index (κ2) is 9.85. The molecule has 0 aliphatic carbocycles. The van der Waals surface area contributed by atoms with Crippen molar-refractivity contribution in [2.45, 2.75) is 32.7 Å². The zero-order valence-corrected chi connectivity index (χ0v) is 20.0. The van der Waals surface area contributed by atoms with E-state index in [1.165, 1.54) is 5.56 Å². The molecule has 3 heterocycles. The summed E-state index contributed by atoms with van der Waals surface area (Å²) in [6.07, 6.45) is 6.46. The first-order valence-corrected chi connectivity index (χ1v) is 12.2. The largest absolute Gasteiger partial charge is 0.354 e. The van der Waals surface area contributed by atoms with Gasteiger partial charge in [-0.25, -0.2) is 9.50 Å². The van der Waals surface area contributed by atoms with E-state index in [4.69, 9.17) is 16.7 Å². The second-order valence-electron chi connectivity index (χ2n) is 8.79. The number of carbonyl (C=O) groups is 1. The Morgan fingerprint density at radius 1 is 1.15 bits per heavy atom. The number of carbonyl (C=O) groups excluding carboxylic acids is 1. The van der Waals surface area contributed by atoms with E-state index < -0.39 is 0 Å². The van der Waals surface area contributed by atoms with Gasteiger partial charge < -0.3 is 10.2 Å². The van der Waals surface area contributed by atoms with Crippen molar-refractivity contribution in [3.05, 3.63) is 83.1 Å². The second-order valence-corrected chi connectivity index (χ2v) is 9.23. The van der Waals surface area contributed by atoms with Gasteiger partial charge in [0.05, 0.1) is 11.6 Å². The van der Waals surface area contributed by atoms with Crippen LogP contribution in [0.1, 0.15) is 30.9 Å². The maximum Gasteiger partial charge on any atom is 0.225 e. The highest BCUT2D eigenvalue weighted by Gasteiger charge is 2.27. The smallest absolute Gasteiger partial charge is 0.225 e. The Bertz CT molecular complexity index is 1300. The van der Waals surface area contributed by atoms with Gasteiger partial charge in [-0.1, -0.05) is 54.9 Å². The highest BCUT2D eigenvalue weighted by Crippen LogP contribution is 2.29. The highest BCUT2D eigenvalue weighted by atomic mass is 35.5. The van der Waals surface area contributed by atoms with E-state index in [1.54, 1.807) is 6.20 Å². The zero-order valence-electron chi connectivity index (χ0n) is 19.2. The Kier molecular flexibility index (Phi) is 6.50.